The van der Waals surface area contributed by atoms with Gasteiger partial charge in [-0.3, -0.25) is 10.1 Å². The van der Waals surface area contributed by atoms with E-state index in [9.17, 15) is 15.2 Å². The Kier molecular flexibility index (Phi) is 3.42. The Morgan fingerprint density at radius 1 is 1.53 bits per heavy atom. The SMILES string of the molecule is CC(O)C(C)(C)Nc1ccc2scnc2c1[N+](=O)[O-]. The van der Waals surface area contributed by atoms with Crippen LogP contribution in [0.3, 0.4) is 0 Å². The number of nitro benzene ring substituents is 1. The van der Waals surface area contributed by atoms with Crippen molar-refractivity contribution in [2.24, 2.45) is 0 Å². The zero-order valence-electron chi connectivity index (χ0n) is 10.9. The van der Waals surface area contributed by atoms with E-state index in [1.807, 2.05) is 0 Å². The van der Waals surface area contributed by atoms with Crippen LogP contribution < -0.4 is 5.32 Å². The molecule has 1 atom stereocenters. The second-order valence-electron chi connectivity index (χ2n) is 4.94. The predicted octanol–water partition coefficient (Wildman–Crippen LogP) is 2.78. The molecular weight excluding hydrogens is 266 g/mol. The number of fused-ring (bicyclic) bond motifs is 1. The van der Waals surface area contributed by atoms with Crippen molar-refractivity contribution in [3.8, 4) is 0 Å². The number of rotatable bonds is 4. The number of aromatic nitrogens is 1. The summed E-state index contributed by atoms with van der Waals surface area (Å²) in [6, 6.07) is 3.45. The first-order valence-electron chi connectivity index (χ1n) is 5.80. The molecule has 2 rings (SSSR count). The topological polar surface area (TPSA) is 88.3 Å². The molecule has 7 heteroatoms. The number of hydrogen-bond donors (Lipinski definition) is 2. The van der Waals surface area contributed by atoms with Crippen LogP contribution in [0.1, 0.15) is 20.8 Å². The van der Waals surface area contributed by atoms with Crippen LogP contribution >= 0.6 is 11.3 Å². The summed E-state index contributed by atoms with van der Waals surface area (Å²) >= 11 is 1.36. The quantitative estimate of drug-likeness (QED) is 0.664. The molecule has 19 heavy (non-hydrogen) atoms. The maximum atomic E-state index is 11.3. The van der Waals surface area contributed by atoms with Gasteiger partial charge in [0.05, 0.1) is 26.8 Å². The van der Waals surface area contributed by atoms with Crippen LogP contribution in [0.15, 0.2) is 17.6 Å². The number of aliphatic hydroxyl groups excluding tert-OH is 1. The highest BCUT2D eigenvalue weighted by Crippen LogP contribution is 2.36. The van der Waals surface area contributed by atoms with Crippen molar-refractivity contribution in [1.82, 2.24) is 4.98 Å². The number of aliphatic hydroxyl groups is 1. The maximum Gasteiger partial charge on any atom is 0.319 e. The van der Waals surface area contributed by atoms with Crippen molar-refractivity contribution in [1.29, 1.82) is 0 Å². The van der Waals surface area contributed by atoms with Crippen LogP contribution in [0.2, 0.25) is 0 Å². The van der Waals surface area contributed by atoms with Gasteiger partial charge in [0.2, 0.25) is 0 Å². The Balaban J connectivity index is 2.54. The van der Waals surface area contributed by atoms with Gasteiger partial charge in [0.25, 0.3) is 0 Å². The third-order valence-corrected chi connectivity index (χ3v) is 3.95. The molecule has 6 nitrogen and oxygen atoms in total. The maximum absolute atomic E-state index is 11.3. The number of nitro groups is 1. The third kappa shape index (κ3) is 2.52. The van der Waals surface area contributed by atoms with E-state index in [4.69, 9.17) is 0 Å². The van der Waals surface area contributed by atoms with Gasteiger partial charge >= 0.3 is 5.69 Å². The van der Waals surface area contributed by atoms with Crippen molar-refractivity contribution < 1.29 is 10.0 Å². The minimum atomic E-state index is -0.672. The standard InChI is InChI=1S/C12H15N3O3S/c1-7(16)12(2,3)14-8-4-5-9-10(13-6-19-9)11(8)15(17)18/h4-7,14,16H,1-3H3. The van der Waals surface area contributed by atoms with Gasteiger partial charge in [-0.2, -0.15) is 0 Å². The number of benzene rings is 1. The van der Waals surface area contributed by atoms with Gasteiger partial charge in [-0.15, -0.1) is 11.3 Å². The van der Waals surface area contributed by atoms with Gasteiger partial charge in [-0.05, 0) is 32.9 Å². The molecule has 0 amide bonds. The van der Waals surface area contributed by atoms with Crippen molar-refractivity contribution in [3.05, 3.63) is 27.8 Å². The molecule has 0 bridgehead atoms. The van der Waals surface area contributed by atoms with Crippen LogP contribution in [0.5, 0.6) is 0 Å². The van der Waals surface area contributed by atoms with Crippen molar-refractivity contribution in [2.75, 3.05) is 5.32 Å². The summed E-state index contributed by atoms with van der Waals surface area (Å²) in [5, 5.41) is 24.0. The number of anilines is 1. The largest absolute Gasteiger partial charge is 0.391 e. The number of nitrogens with zero attached hydrogens (tertiary/aromatic N) is 2. The molecule has 0 aliphatic carbocycles. The van der Waals surface area contributed by atoms with Gasteiger partial charge < -0.3 is 10.4 Å². The van der Waals surface area contributed by atoms with E-state index in [2.05, 4.69) is 10.3 Å². The van der Waals surface area contributed by atoms with Crippen LogP contribution in [0.4, 0.5) is 11.4 Å². The fourth-order valence-corrected chi connectivity index (χ4v) is 2.33. The molecule has 1 heterocycles. The lowest BCUT2D eigenvalue weighted by Gasteiger charge is -2.30. The Morgan fingerprint density at radius 2 is 2.21 bits per heavy atom. The normalized spacial score (nSPS) is 13.5. The van der Waals surface area contributed by atoms with E-state index >= 15 is 0 Å². The molecule has 1 aromatic carbocycles. The summed E-state index contributed by atoms with van der Waals surface area (Å²) in [4.78, 5) is 14.9. The average Bonchev–Trinajstić information content (AvgIpc) is 2.75. The van der Waals surface area contributed by atoms with Gasteiger partial charge in [0.1, 0.15) is 5.69 Å². The van der Waals surface area contributed by atoms with E-state index in [1.165, 1.54) is 11.3 Å². The average molecular weight is 281 g/mol. The first-order valence-corrected chi connectivity index (χ1v) is 6.67. The fraction of sp³-hybridized carbons (Fsp3) is 0.417. The minimum absolute atomic E-state index is 0.0486. The summed E-state index contributed by atoms with van der Waals surface area (Å²) in [5.41, 5.74) is 1.61. The van der Waals surface area contributed by atoms with Gasteiger partial charge in [0.15, 0.2) is 5.52 Å². The molecule has 1 aromatic heterocycles. The van der Waals surface area contributed by atoms with E-state index in [-0.39, 0.29) is 5.69 Å². The van der Waals surface area contributed by atoms with Crippen LogP contribution in [0.25, 0.3) is 10.2 Å². The number of hydrogen-bond acceptors (Lipinski definition) is 6. The summed E-state index contributed by atoms with van der Waals surface area (Å²) in [6.45, 7) is 5.21. The lowest BCUT2D eigenvalue weighted by atomic mass is 9.98. The number of nitrogens with one attached hydrogen (secondary N) is 1. The van der Waals surface area contributed by atoms with Crippen molar-refractivity contribution in [3.63, 3.8) is 0 Å². The molecule has 0 radical (unpaired) electrons. The zero-order chi connectivity index (χ0) is 14.2. The molecular formula is C12H15N3O3S. The third-order valence-electron chi connectivity index (χ3n) is 3.16. The highest BCUT2D eigenvalue weighted by atomic mass is 32.1. The first-order chi connectivity index (χ1) is 8.83. The molecule has 0 aliphatic rings. The highest BCUT2D eigenvalue weighted by molar-refractivity contribution is 7.16. The Bertz CT molecular complexity index is 622. The molecule has 1 unspecified atom stereocenters. The van der Waals surface area contributed by atoms with E-state index in [0.29, 0.717) is 11.2 Å². The van der Waals surface area contributed by atoms with E-state index < -0.39 is 16.6 Å². The summed E-state index contributed by atoms with van der Waals surface area (Å²) in [6.07, 6.45) is -0.654. The van der Waals surface area contributed by atoms with Gasteiger partial charge in [0, 0.05) is 0 Å². The molecule has 0 spiro atoms. The van der Waals surface area contributed by atoms with Crippen molar-refractivity contribution in [2.45, 2.75) is 32.4 Å². The summed E-state index contributed by atoms with van der Waals surface area (Å²) < 4.78 is 0.770. The van der Waals surface area contributed by atoms with Gasteiger partial charge in [-0.25, -0.2) is 4.98 Å². The Morgan fingerprint density at radius 3 is 2.79 bits per heavy atom. The van der Waals surface area contributed by atoms with Crippen LogP contribution in [0, 0.1) is 10.1 Å². The number of thiazole rings is 1. The molecule has 2 aromatic rings. The Hall–Kier alpha value is -1.73. The monoisotopic (exact) mass is 281 g/mol. The highest BCUT2D eigenvalue weighted by Gasteiger charge is 2.28. The lowest BCUT2D eigenvalue weighted by molar-refractivity contribution is -0.382. The van der Waals surface area contributed by atoms with E-state index in [0.717, 1.165) is 4.70 Å². The molecule has 0 saturated carbocycles. The molecule has 102 valence electrons. The van der Waals surface area contributed by atoms with E-state index in [1.54, 1.807) is 38.4 Å². The van der Waals surface area contributed by atoms with Gasteiger partial charge in [-0.1, -0.05) is 0 Å². The summed E-state index contributed by atoms with van der Waals surface area (Å²) in [7, 11) is 0. The van der Waals surface area contributed by atoms with Crippen LogP contribution in [-0.4, -0.2) is 26.7 Å². The summed E-state index contributed by atoms with van der Waals surface area (Å²) in [5.74, 6) is 0. The predicted molar refractivity (Wildman–Crippen MR) is 75.7 cm³/mol. The molecule has 0 saturated heterocycles. The second-order valence-corrected chi connectivity index (χ2v) is 5.83. The fourth-order valence-electron chi connectivity index (χ4n) is 1.65. The van der Waals surface area contributed by atoms with Crippen LogP contribution in [-0.2, 0) is 0 Å². The van der Waals surface area contributed by atoms with Crippen molar-refractivity contribution >= 4 is 32.9 Å². The second kappa shape index (κ2) is 4.75. The lowest BCUT2D eigenvalue weighted by Crippen LogP contribution is -2.42. The first kappa shape index (κ1) is 13.7. The molecule has 0 aliphatic heterocycles. The zero-order valence-corrected chi connectivity index (χ0v) is 11.7. The molecule has 2 N–H and O–H groups in total. The molecule has 0 fully saturated rings. The Labute approximate surface area is 114 Å². The minimum Gasteiger partial charge on any atom is -0.391 e. The smallest absolute Gasteiger partial charge is 0.319 e.